The molecule has 3 nitrogen and oxygen atoms in total. The normalized spacial score (nSPS) is 19.6. The first-order valence-electron chi connectivity index (χ1n) is 8.88. The lowest BCUT2D eigenvalue weighted by Crippen LogP contribution is -2.33. The molecule has 0 spiro atoms. The van der Waals surface area contributed by atoms with Gasteiger partial charge in [0.25, 0.3) is 0 Å². The zero-order valence-electron chi connectivity index (χ0n) is 15.2. The van der Waals surface area contributed by atoms with Crippen molar-refractivity contribution in [2.45, 2.75) is 52.5 Å². The van der Waals surface area contributed by atoms with Crippen LogP contribution >= 0.6 is 11.3 Å². The Labute approximate surface area is 148 Å². The molecule has 1 aliphatic heterocycles. The van der Waals surface area contributed by atoms with E-state index >= 15 is 0 Å². The Bertz CT molecular complexity index is 736. The van der Waals surface area contributed by atoms with E-state index in [-0.39, 0.29) is 10.3 Å². The molecule has 1 aromatic carbocycles. The van der Waals surface area contributed by atoms with Crippen LogP contribution in [0.3, 0.4) is 0 Å². The third-order valence-corrected chi connectivity index (χ3v) is 5.74. The summed E-state index contributed by atoms with van der Waals surface area (Å²) in [5.74, 6) is 0.754. The van der Waals surface area contributed by atoms with Gasteiger partial charge in [-0.1, -0.05) is 63.3 Å². The molecule has 0 saturated carbocycles. The maximum Gasteiger partial charge on any atom is 0.305 e. The fourth-order valence-corrected chi connectivity index (χ4v) is 4.37. The van der Waals surface area contributed by atoms with Gasteiger partial charge in [-0.25, -0.2) is 0 Å². The molecule has 24 heavy (non-hydrogen) atoms. The van der Waals surface area contributed by atoms with Gasteiger partial charge in [-0.3, -0.25) is 9.69 Å². The summed E-state index contributed by atoms with van der Waals surface area (Å²) in [6, 6.07) is 8.64. The number of thiazole rings is 1. The van der Waals surface area contributed by atoms with Crippen LogP contribution in [-0.2, 0) is 12.0 Å². The van der Waals surface area contributed by atoms with Crippen molar-refractivity contribution in [3.8, 4) is 11.3 Å². The van der Waals surface area contributed by atoms with E-state index in [2.05, 4.69) is 61.8 Å². The molecule has 1 atom stereocenters. The highest BCUT2D eigenvalue weighted by molar-refractivity contribution is 7.09. The van der Waals surface area contributed by atoms with Crippen LogP contribution in [0.5, 0.6) is 0 Å². The highest BCUT2D eigenvalue weighted by Gasteiger charge is 2.20. The number of benzene rings is 1. The van der Waals surface area contributed by atoms with E-state index in [1.54, 1.807) is 0 Å². The second-order valence-corrected chi connectivity index (χ2v) is 9.19. The van der Waals surface area contributed by atoms with Gasteiger partial charge < -0.3 is 4.98 Å². The average Bonchev–Trinajstić information content (AvgIpc) is 2.87. The van der Waals surface area contributed by atoms with Crippen molar-refractivity contribution in [1.29, 1.82) is 0 Å². The summed E-state index contributed by atoms with van der Waals surface area (Å²) in [6.07, 6.45) is 2.58. The van der Waals surface area contributed by atoms with Crippen LogP contribution in [-0.4, -0.2) is 23.0 Å². The van der Waals surface area contributed by atoms with Crippen LogP contribution < -0.4 is 4.87 Å². The van der Waals surface area contributed by atoms with Crippen LogP contribution in [0.15, 0.2) is 29.1 Å². The van der Waals surface area contributed by atoms with Gasteiger partial charge in [-0.05, 0) is 41.8 Å². The molecule has 4 heteroatoms. The lowest BCUT2D eigenvalue weighted by Gasteiger charge is -2.30. The minimum atomic E-state index is 0.0463. The summed E-state index contributed by atoms with van der Waals surface area (Å²) in [6.45, 7) is 12.1. The van der Waals surface area contributed by atoms with E-state index in [1.807, 2.05) is 0 Å². The summed E-state index contributed by atoms with van der Waals surface area (Å²) in [5, 5.41) is 0. The molecule has 0 bridgehead atoms. The molecule has 0 radical (unpaired) electrons. The van der Waals surface area contributed by atoms with Gasteiger partial charge >= 0.3 is 4.87 Å². The van der Waals surface area contributed by atoms with Gasteiger partial charge in [-0.15, -0.1) is 0 Å². The van der Waals surface area contributed by atoms with Crippen molar-refractivity contribution in [3.63, 3.8) is 0 Å². The summed E-state index contributed by atoms with van der Waals surface area (Å²) in [4.78, 5) is 18.7. The van der Waals surface area contributed by atoms with Gasteiger partial charge in [0.1, 0.15) is 0 Å². The maximum atomic E-state index is 12.0. The molecule has 1 aliphatic rings. The number of likely N-dealkylation sites (tertiary alicyclic amines) is 1. The van der Waals surface area contributed by atoms with Crippen LogP contribution in [0.1, 0.15) is 51.0 Å². The molecule has 0 aliphatic carbocycles. The summed E-state index contributed by atoms with van der Waals surface area (Å²) in [5.41, 5.74) is 3.58. The number of hydrogen-bond donors (Lipinski definition) is 1. The molecule has 1 aromatic heterocycles. The number of nitrogens with one attached hydrogen (secondary N) is 1. The Morgan fingerprint density at radius 2 is 1.96 bits per heavy atom. The van der Waals surface area contributed by atoms with E-state index in [0.29, 0.717) is 0 Å². The number of H-pyrrole nitrogens is 1. The van der Waals surface area contributed by atoms with E-state index < -0.39 is 0 Å². The quantitative estimate of drug-likeness (QED) is 0.881. The fourth-order valence-electron chi connectivity index (χ4n) is 3.47. The van der Waals surface area contributed by atoms with Crippen molar-refractivity contribution in [2.24, 2.45) is 5.92 Å². The smallest absolute Gasteiger partial charge is 0.305 e. The highest BCUT2D eigenvalue weighted by atomic mass is 32.1. The predicted molar refractivity (Wildman–Crippen MR) is 103 cm³/mol. The lowest BCUT2D eigenvalue weighted by atomic mass is 9.86. The maximum absolute atomic E-state index is 12.0. The minimum absolute atomic E-state index is 0.0463. The molecular formula is C20H28N2OS. The predicted octanol–water partition coefficient (Wildman–Crippen LogP) is 4.63. The second-order valence-electron chi connectivity index (χ2n) is 8.12. The largest absolute Gasteiger partial charge is 0.312 e. The molecule has 0 amide bonds. The van der Waals surface area contributed by atoms with E-state index in [1.165, 1.54) is 29.7 Å². The van der Waals surface area contributed by atoms with Crippen molar-refractivity contribution in [2.75, 3.05) is 13.1 Å². The first-order chi connectivity index (χ1) is 11.3. The van der Waals surface area contributed by atoms with Crippen molar-refractivity contribution in [3.05, 3.63) is 44.4 Å². The van der Waals surface area contributed by atoms with Gasteiger partial charge in [0.15, 0.2) is 0 Å². The Kier molecular flexibility index (Phi) is 4.97. The van der Waals surface area contributed by atoms with Crippen LogP contribution in [0.25, 0.3) is 11.3 Å². The van der Waals surface area contributed by atoms with Crippen molar-refractivity contribution < 1.29 is 0 Å². The van der Waals surface area contributed by atoms with Gasteiger partial charge in [-0.2, -0.15) is 0 Å². The third kappa shape index (κ3) is 3.98. The third-order valence-electron chi connectivity index (χ3n) is 4.87. The monoisotopic (exact) mass is 344 g/mol. The van der Waals surface area contributed by atoms with E-state index in [4.69, 9.17) is 0 Å². The van der Waals surface area contributed by atoms with Gasteiger partial charge in [0.05, 0.1) is 5.69 Å². The number of aromatic amines is 1. The molecule has 2 aromatic rings. The first kappa shape index (κ1) is 17.4. The van der Waals surface area contributed by atoms with Crippen LogP contribution in [0.2, 0.25) is 0 Å². The minimum Gasteiger partial charge on any atom is -0.312 e. The Morgan fingerprint density at radius 1 is 1.25 bits per heavy atom. The SMILES string of the molecule is CC1CCCN(Cc2sc(=O)[nH]c2-c2ccc(C(C)(C)C)cc2)C1. The number of piperidine rings is 1. The Morgan fingerprint density at radius 3 is 2.58 bits per heavy atom. The molecule has 1 unspecified atom stereocenters. The molecule has 1 saturated heterocycles. The molecular weight excluding hydrogens is 316 g/mol. The summed E-state index contributed by atoms with van der Waals surface area (Å²) < 4.78 is 0. The Hall–Kier alpha value is -1.39. The molecule has 3 rings (SSSR count). The topological polar surface area (TPSA) is 36.1 Å². The van der Waals surface area contributed by atoms with Crippen LogP contribution in [0.4, 0.5) is 0 Å². The molecule has 1 fully saturated rings. The average molecular weight is 345 g/mol. The molecule has 2 heterocycles. The summed E-state index contributed by atoms with van der Waals surface area (Å²) in [7, 11) is 0. The number of rotatable bonds is 3. The Balaban J connectivity index is 1.85. The number of nitrogens with zero attached hydrogens (tertiary/aromatic N) is 1. The fraction of sp³-hybridized carbons (Fsp3) is 0.550. The first-order valence-corrected chi connectivity index (χ1v) is 9.70. The van der Waals surface area contributed by atoms with Crippen LogP contribution in [0, 0.1) is 5.92 Å². The van der Waals surface area contributed by atoms with Crippen molar-refractivity contribution >= 4 is 11.3 Å². The molecule has 130 valence electrons. The van der Waals surface area contributed by atoms with Gasteiger partial charge in [0, 0.05) is 18.0 Å². The second kappa shape index (κ2) is 6.85. The number of hydrogen-bond acceptors (Lipinski definition) is 3. The zero-order chi connectivity index (χ0) is 17.3. The molecule has 1 N–H and O–H groups in total. The lowest BCUT2D eigenvalue weighted by molar-refractivity contribution is 0.178. The zero-order valence-corrected chi connectivity index (χ0v) is 16.0. The van der Waals surface area contributed by atoms with E-state index in [9.17, 15) is 4.79 Å². The van der Waals surface area contributed by atoms with Crippen molar-refractivity contribution in [1.82, 2.24) is 9.88 Å². The summed E-state index contributed by atoms with van der Waals surface area (Å²) >= 11 is 1.36. The van der Waals surface area contributed by atoms with E-state index in [0.717, 1.165) is 41.7 Å². The highest BCUT2D eigenvalue weighted by Crippen LogP contribution is 2.29. The van der Waals surface area contributed by atoms with Gasteiger partial charge in [0.2, 0.25) is 0 Å². The number of aromatic nitrogens is 1. The standard InChI is InChI=1S/C20H28N2OS/c1-14-6-5-11-22(12-14)13-17-18(21-19(23)24-17)15-7-9-16(10-8-15)20(2,3)4/h7-10,14H,5-6,11-13H2,1-4H3,(H,21,23).